The number of hydrogen-bond acceptors (Lipinski definition) is 8. The second-order valence-electron chi connectivity index (χ2n) is 8.03. The van der Waals surface area contributed by atoms with Crippen LogP contribution in [0.1, 0.15) is 30.1 Å². The van der Waals surface area contributed by atoms with Crippen LogP contribution < -0.4 is 10.2 Å². The van der Waals surface area contributed by atoms with Gasteiger partial charge in [-0.25, -0.2) is 13.4 Å². The molecule has 1 aromatic heterocycles. The number of thiazole rings is 1. The van der Waals surface area contributed by atoms with E-state index in [-0.39, 0.29) is 21.3 Å². The minimum Gasteiger partial charge on any atom is -0.366 e. The van der Waals surface area contributed by atoms with Crippen LogP contribution in [0.2, 0.25) is 0 Å². The molecule has 3 aromatic rings. The molecule has 1 aliphatic rings. The summed E-state index contributed by atoms with van der Waals surface area (Å²) in [5.41, 5.74) is 1.13. The van der Waals surface area contributed by atoms with E-state index in [0.29, 0.717) is 21.8 Å². The van der Waals surface area contributed by atoms with Crippen molar-refractivity contribution in [2.45, 2.75) is 24.7 Å². The van der Waals surface area contributed by atoms with Gasteiger partial charge in [-0.2, -0.15) is 0 Å². The van der Waals surface area contributed by atoms with Crippen LogP contribution in [0.3, 0.4) is 0 Å². The maximum Gasteiger partial charge on any atom is 0.293 e. The molecule has 1 atom stereocenters. The van der Waals surface area contributed by atoms with Crippen molar-refractivity contribution in [2.24, 2.45) is 5.92 Å². The highest BCUT2D eigenvalue weighted by Gasteiger charge is 2.25. The first-order valence-corrected chi connectivity index (χ1v) is 12.8. The van der Waals surface area contributed by atoms with Crippen molar-refractivity contribution in [3.05, 3.63) is 52.1 Å². The van der Waals surface area contributed by atoms with Crippen molar-refractivity contribution < 1.29 is 18.1 Å². The van der Waals surface area contributed by atoms with Gasteiger partial charge >= 0.3 is 0 Å². The summed E-state index contributed by atoms with van der Waals surface area (Å²) in [7, 11) is -3.36. The Hall–Kier alpha value is -3.05. The summed E-state index contributed by atoms with van der Waals surface area (Å²) < 4.78 is 24.1. The summed E-state index contributed by atoms with van der Waals surface area (Å²) in [4.78, 5) is 30.5. The van der Waals surface area contributed by atoms with Gasteiger partial charge in [-0.05, 0) is 49.1 Å². The largest absolute Gasteiger partial charge is 0.366 e. The fourth-order valence-electron chi connectivity index (χ4n) is 3.84. The van der Waals surface area contributed by atoms with Crippen LogP contribution in [-0.4, -0.2) is 43.6 Å². The third-order valence-electron chi connectivity index (χ3n) is 5.44. The first kappa shape index (κ1) is 22.2. The Morgan fingerprint density at radius 1 is 1.28 bits per heavy atom. The molecule has 1 N–H and O–H groups in total. The molecule has 0 spiro atoms. The molecule has 2 aromatic carbocycles. The normalized spacial score (nSPS) is 16.8. The van der Waals surface area contributed by atoms with E-state index in [1.165, 1.54) is 18.2 Å². The van der Waals surface area contributed by atoms with Crippen LogP contribution >= 0.6 is 11.3 Å². The number of aromatic nitrogens is 1. The summed E-state index contributed by atoms with van der Waals surface area (Å²) >= 11 is 1.14. The van der Waals surface area contributed by atoms with E-state index in [9.17, 15) is 23.3 Å². The Morgan fingerprint density at radius 2 is 2.06 bits per heavy atom. The van der Waals surface area contributed by atoms with E-state index in [1.807, 2.05) is 4.90 Å². The fourth-order valence-corrected chi connectivity index (χ4v) is 5.47. The van der Waals surface area contributed by atoms with Gasteiger partial charge in [0.15, 0.2) is 15.0 Å². The van der Waals surface area contributed by atoms with Crippen molar-refractivity contribution >= 4 is 53.8 Å². The average Bonchev–Trinajstić information content (AvgIpc) is 3.14. The number of fused-ring (bicyclic) bond motifs is 1. The van der Waals surface area contributed by atoms with E-state index in [4.69, 9.17) is 0 Å². The van der Waals surface area contributed by atoms with Crippen LogP contribution in [0.15, 0.2) is 41.3 Å². The van der Waals surface area contributed by atoms with E-state index in [2.05, 4.69) is 17.2 Å². The molecule has 32 heavy (non-hydrogen) atoms. The van der Waals surface area contributed by atoms with Crippen molar-refractivity contribution in [3.8, 4) is 0 Å². The van der Waals surface area contributed by atoms with E-state index in [0.717, 1.165) is 43.5 Å². The third kappa shape index (κ3) is 4.58. The minimum absolute atomic E-state index is 0.103. The maximum atomic E-state index is 12.8. The van der Waals surface area contributed by atoms with Crippen LogP contribution in [0, 0.1) is 16.0 Å². The molecule has 1 saturated heterocycles. The molecule has 2 heterocycles. The van der Waals surface area contributed by atoms with Crippen molar-refractivity contribution in [2.75, 3.05) is 29.6 Å². The Bertz CT molecular complexity index is 1320. The molecule has 1 aliphatic heterocycles. The molecule has 4 rings (SSSR count). The third-order valence-corrected chi connectivity index (χ3v) is 7.48. The zero-order valence-electron chi connectivity index (χ0n) is 17.6. The molecule has 0 aliphatic carbocycles. The number of nitro groups is 1. The van der Waals surface area contributed by atoms with E-state index in [1.54, 1.807) is 18.2 Å². The number of benzene rings is 2. The lowest BCUT2D eigenvalue weighted by Crippen LogP contribution is -2.34. The minimum atomic E-state index is -3.36. The first-order chi connectivity index (χ1) is 15.1. The Morgan fingerprint density at radius 3 is 2.75 bits per heavy atom. The molecule has 0 saturated carbocycles. The molecule has 0 bridgehead atoms. The topological polar surface area (TPSA) is 123 Å². The molecule has 0 radical (unpaired) electrons. The standard InChI is InChI=1S/C21H22N4O5S2/c1-13-4-3-9-24(12-13)17-8-5-14(10-18(17)25(27)28)20(26)23-21-22-16-7-6-15(32(2,29)30)11-19(16)31-21/h5-8,10-11,13H,3-4,9,12H2,1-2H3,(H,22,23,26)/t13-/m0/s1. The van der Waals surface area contributed by atoms with Crippen molar-refractivity contribution in [1.82, 2.24) is 4.98 Å². The number of hydrogen-bond donors (Lipinski definition) is 1. The number of nitrogens with one attached hydrogen (secondary N) is 1. The van der Waals surface area contributed by atoms with Gasteiger partial charge in [0.25, 0.3) is 11.6 Å². The van der Waals surface area contributed by atoms with E-state index < -0.39 is 20.7 Å². The number of piperidine rings is 1. The number of nitro benzene ring substituents is 1. The molecular weight excluding hydrogens is 452 g/mol. The molecule has 168 valence electrons. The van der Waals surface area contributed by atoms with Gasteiger partial charge in [-0.15, -0.1) is 0 Å². The average molecular weight is 475 g/mol. The number of rotatable bonds is 5. The first-order valence-electron chi connectivity index (χ1n) is 10.1. The van der Waals surface area contributed by atoms with Crippen molar-refractivity contribution in [3.63, 3.8) is 0 Å². The lowest BCUT2D eigenvalue weighted by Gasteiger charge is -2.32. The smallest absolute Gasteiger partial charge is 0.293 e. The predicted octanol–water partition coefficient (Wildman–Crippen LogP) is 4.10. The number of nitrogens with zero attached hydrogens (tertiary/aromatic N) is 3. The quantitative estimate of drug-likeness (QED) is 0.436. The SMILES string of the molecule is C[C@H]1CCCN(c2ccc(C(=O)Nc3nc4ccc(S(C)(=O)=O)cc4s3)cc2[N+](=O)[O-])C1. The van der Waals surface area contributed by atoms with Gasteiger partial charge in [0.2, 0.25) is 0 Å². The highest BCUT2D eigenvalue weighted by Crippen LogP contribution is 2.33. The Kier molecular flexibility index (Phi) is 5.87. The lowest BCUT2D eigenvalue weighted by atomic mass is 9.99. The fraction of sp³-hybridized carbons (Fsp3) is 0.333. The molecule has 1 amide bonds. The van der Waals surface area contributed by atoms with Gasteiger partial charge in [-0.1, -0.05) is 18.3 Å². The van der Waals surface area contributed by atoms with Gasteiger partial charge in [0.1, 0.15) is 5.69 Å². The molecule has 0 unspecified atom stereocenters. The van der Waals surface area contributed by atoms with Crippen LogP contribution in [0.4, 0.5) is 16.5 Å². The predicted molar refractivity (Wildman–Crippen MR) is 124 cm³/mol. The summed E-state index contributed by atoms with van der Waals surface area (Å²) in [5, 5.41) is 14.6. The number of sulfone groups is 1. The number of carbonyl (C=O) groups excluding carboxylic acids is 1. The van der Waals surface area contributed by atoms with Gasteiger partial charge in [-0.3, -0.25) is 20.2 Å². The van der Waals surface area contributed by atoms with E-state index >= 15 is 0 Å². The van der Waals surface area contributed by atoms with Gasteiger partial charge in [0.05, 0.1) is 20.0 Å². The van der Waals surface area contributed by atoms with Crippen molar-refractivity contribution in [1.29, 1.82) is 0 Å². The van der Waals surface area contributed by atoms with Gasteiger partial charge < -0.3 is 4.90 Å². The number of carbonyl (C=O) groups is 1. The van der Waals surface area contributed by atoms with Gasteiger partial charge in [0, 0.05) is 31.0 Å². The van der Waals surface area contributed by atoms with Crippen LogP contribution in [0.5, 0.6) is 0 Å². The van der Waals surface area contributed by atoms with Crippen LogP contribution in [-0.2, 0) is 9.84 Å². The Labute approximate surface area is 189 Å². The lowest BCUT2D eigenvalue weighted by molar-refractivity contribution is -0.384. The highest BCUT2D eigenvalue weighted by atomic mass is 32.2. The zero-order valence-corrected chi connectivity index (χ0v) is 19.2. The summed E-state index contributed by atoms with van der Waals surface area (Å²) in [6, 6.07) is 9.05. The second-order valence-corrected chi connectivity index (χ2v) is 11.1. The molecular formula is C21H22N4O5S2. The number of amides is 1. The summed E-state index contributed by atoms with van der Waals surface area (Å²) in [6.07, 6.45) is 3.19. The monoisotopic (exact) mass is 474 g/mol. The second kappa shape index (κ2) is 8.47. The summed E-state index contributed by atoms with van der Waals surface area (Å²) in [5.74, 6) is -0.0670. The molecule has 1 fully saturated rings. The molecule has 11 heteroatoms. The highest BCUT2D eigenvalue weighted by molar-refractivity contribution is 7.90. The maximum absolute atomic E-state index is 12.8. The zero-order chi connectivity index (χ0) is 23.0. The molecule has 9 nitrogen and oxygen atoms in total. The number of anilines is 2. The van der Waals surface area contributed by atoms with Crippen LogP contribution in [0.25, 0.3) is 10.2 Å². The Balaban J connectivity index is 1.59. The summed E-state index contributed by atoms with van der Waals surface area (Å²) in [6.45, 7) is 3.61.